The summed E-state index contributed by atoms with van der Waals surface area (Å²) >= 11 is 3.29. The van der Waals surface area contributed by atoms with Crippen LogP contribution in [0.3, 0.4) is 0 Å². The Kier molecular flexibility index (Phi) is 3.95. The Hall–Kier alpha value is -2.02. The molecule has 0 saturated heterocycles. The Morgan fingerprint density at radius 3 is 2.57 bits per heavy atom. The Labute approximate surface area is 129 Å². The van der Waals surface area contributed by atoms with Gasteiger partial charge in [0.15, 0.2) is 0 Å². The van der Waals surface area contributed by atoms with E-state index in [-0.39, 0.29) is 11.4 Å². The number of amides is 1. The second kappa shape index (κ2) is 5.40. The highest BCUT2D eigenvalue weighted by molar-refractivity contribution is 9.10. The number of fused-ring (bicyclic) bond motifs is 1. The second-order valence-corrected chi connectivity index (χ2v) is 6.29. The lowest BCUT2D eigenvalue weighted by molar-refractivity contribution is 0.00398. The van der Waals surface area contributed by atoms with Crippen molar-refractivity contribution >= 4 is 44.6 Å². The van der Waals surface area contributed by atoms with Gasteiger partial charge in [0.1, 0.15) is 16.9 Å². The smallest absolute Gasteiger partial charge is 0.409 e. The molecule has 2 rings (SSSR count). The van der Waals surface area contributed by atoms with Crippen molar-refractivity contribution in [2.75, 3.05) is 5.32 Å². The van der Waals surface area contributed by atoms with Gasteiger partial charge < -0.3 is 14.3 Å². The topological polar surface area (TPSA) is 88.8 Å². The molecule has 0 bridgehead atoms. The van der Waals surface area contributed by atoms with Gasteiger partial charge in [-0.25, -0.2) is 9.59 Å². The van der Waals surface area contributed by atoms with E-state index in [9.17, 15) is 9.59 Å². The number of ether oxygens (including phenoxy) is 1. The fraction of sp³-hybridized carbons (Fsp3) is 0.286. The van der Waals surface area contributed by atoms with Crippen molar-refractivity contribution in [3.8, 4) is 0 Å². The zero-order valence-corrected chi connectivity index (χ0v) is 13.3. The molecule has 1 aromatic carbocycles. The van der Waals surface area contributed by atoms with Crippen LogP contribution in [0.1, 0.15) is 31.3 Å². The number of halogens is 1. The molecule has 2 aromatic rings. The molecule has 0 atom stereocenters. The van der Waals surface area contributed by atoms with Gasteiger partial charge in [-0.15, -0.1) is 0 Å². The van der Waals surface area contributed by atoms with E-state index in [1.54, 1.807) is 39.0 Å². The van der Waals surface area contributed by atoms with Gasteiger partial charge in [-0.3, -0.25) is 5.32 Å². The van der Waals surface area contributed by atoms with Crippen LogP contribution in [0.5, 0.6) is 0 Å². The number of furan rings is 1. The number of carbonyl (C=O) groups is 2. The summed E-state index contributed by atoms with van der Waals surface area (Å²) in [6, 6.07) is 5.03. The number of carboxylic acid groups (broad SMARTS) is 1. The lowest BCUT2D eigenvalue weighted by atomic mass is 10.2. The van der Waals surface area contributed by atoms with Crippen molar-refractivity contribution in [2.24, 2.45) is 0 Å². The Morgan fingerprint density at radius 1 is 1.33 bits per heavy atom. The van der Waals surface area contributed by atoms with Crippen molar-refractivity contribution in [1.82, 2.24) is 0 Å². The quantitative estimate of drug-likeness (QED) is 0.786. The van der Waals surface area contributed by atoms with Crippen molar-refractivity contribution in [2.45, 2.75) is 26.4 Å². The number of anilines is 1. The van der Waals surface area contributed by atoms with Gasteiger partial charge >= 0.3 is 12.1 Å². The molecule has 0 saturated carbocycles. The third kappa shape index (κ3) is 3.55. The first kappa shape index (κ1) is 15.4. The molecule has 0 fully saturated rings. The van der Waals surface area contributed by atoms with Crippen LogP contribution >= 0.6 is 15.9 Å². The molecule has 1 amide bonds. The lowest BCUT2D eigenvalue weighted by Gasteiger charge is -2.18. The molecule has 0 aliphatic heterocycles. The molecule has 112 valence electrons. The molecule has 21 heavy (non-hydrogen) atoms. The van der Waals surface area contributed by atoms with Crippen LogP contribution in [0.2, 0.25) is 0 Å². The van der Waals surface area contributed by atoms with E-state index >= 15 is 0 Å². The minimum Gasteiger partial charge on any atom is -0.465 e. The van der Waals surface area contributed by atoms with E-state index in [2.05, 4.69) is 21.2 Å². The highest BCUT2D eigenvalue weighted by Gasteiger charge is 2.27. The fourth-order valence-corrected chi connectivity index (χ4v) is 2.11. The SMILES string of the molecule is CC(C)(C)OC(=O)c1oc2cc(Br)ccc2c1NC(=O)O. The Bertz CT molecular complexity index is 714. The molecule has 1 heterocycles. The lowest BCUT2D eigenvalue weighted by Crippen LogP contribution is -2.24. The second-order valence-electron chi connectivity index (χ2n) is 5.38. The maximum absolute atomic E-state index is 12.2. The Morgan fingerprint density at radius 2 is 2.00 bits per heavy atom. The van der Waals surface area contributed by atoms with E-state index < -0.39 is 17.7 Å². The number of benzene rings is 1. The first-order chi connectivity index (χ1) is 9.67. The average Bonchev–Trinajstić information content (AvgIpc) is 2.64. The molecule has 2 N–H and O–H groups in total. The average molecular weight is 356 g/mol. The van der Waals surface area contributed by atoms with E-state index in [1.165, 1.54) is 0 Å². The van der Waals surface area contributed by atoms with Crippen LogP contribution in [0.4, 0.5) is 10.5 Å². The van der Waals surface area contributed by atoms with Crippen LogP contribution in [0.15, 0.2) is 27.1 Å². The molecule has 7 heteroatoms. The molecule has 0 unspecified atom stereocenters. The van der Waals surface area contributed by atoms with Crippen LogP contribution in [0, 0.1) is 0 Å². The maximum Gasteiger partial charge on any atom is 0.409 e. The van der Waals surface area contributed by atoms with Crippen LogP contribution < -0.4 is 5.32 Å². The minimum atomic E-state index is -1.29. The molecular formula is C14H14BrNO5. The maximum atomic E-state index is 12.2. The van der Waals surface area contributed by atoms with Crippen molar-refractivity contribution in [3.63, 3.8) is 0 Å². The molecule has 0 spiro atoms. The first-order valence-corrected chi connectivity index (χ1v) is 6.92. The van der Waals surface area contributed by atoms with Gasteiger partial charge in [-0.1, -0.05) is 15.9 Å². The van der Waals surface area contributed by atoms with Crippen LogP contribution in [-0.4, -0.2) is 22.8 Å². The molecule has 0 aliphatic rings. The largest absolute Gasteiger partial charge is 0.465 e. The minimum absolute atomic E-state index is 0.0826. The number of esters is 1. The van der Waals surface area contributed by atoms with E-state index in [0.29, 0.717) is 11.0 Å². The molecule has 0 radical (unpaired) electrons. The molecule has 0 aliphatic carbocycles. The van der Waals surface area contributed by atoms with Gasteiger partial charge in [-0.05, 0) is 39.0 Å². The number of nitrogens with one attached hydrogen (secondary N) is 1. The van der Waals surface area contributed by atoms with E-state index in [4.69, 9.17) is 14.3 Å². The van der Waals surface area contributed by atoms with Gasteiger partial charge in [-0.2, -0.15) is 0 Å². The van der Waals surface area contributed by atoms with Crippen molar-refractivity contribution in [1.29, 1.82) is 0 Å². The number of hydrogen-bond acceptors (Lipinski definition) is 4. The summed E-state index contributed by atoms with van der Waals surface area (Å²) in [5.41, 5.74) is -0.245. The summed E-state index contributed by atoms with van der Waals surface area (Å²) in [6.45, 7) is 5.15. The molecule has 6 nitrogen and oxygen atoms in total. The predicted octanol–water partition coefficient (Wildman–Crippen LogP) is 4.24. The highest BCUT2D eigenvalue weighted by atomic mass is 79.9. The summed E-state index contributed by atoms with van der Waals surface area (Å²) in [5, 5.41) is 11.6. The monoisotopic (exact) mass is 355 g/mol. The zero-order valence-electron chi connectivity index (χ0n) is 11.7. The van der Waals surface area contributed by atoms with Crippen molar-refractivity contribution < 1.29 is 23.8 Å². The van der Waals surface area contributed by atoms with Gasteiger partial charge in [0.05, 0.1) is 0 Å². The number of carbonyl (C=O) groups excluding carboxylic acids is 1. The summed E-state index contributed by atoms with van der Waals surface area (Å²) < 4.78 is 11.4. The number of hydrogen-bond donors (Lipinski definition) is 2. The van der Waals surface area contributed by atoms with Gasteiger partial charge in [0, 0.05) is 9.86 Å². The standard InChI is InChI=1S/C14H14BrNO5/c1-14(2,3)21-12(17)11-10(16-13(18)19)8-5-4-7(15)6-9(8)20-11/h4-6,16H,1-3H3,(H,18,19). The normalized spacial score (nSPS) is 11.4. The van der Waals surface area contributed by atoms with Gasteiger partial charge in [0.2, 0.25) is 5.76 Å². The third-order valence-electron chi connectivity index (χ3n) is 2.47. The summed E-state index contributed by atoms with van der Waals surface area (Å²) in [5.74, 6) is -0.890. The summed E-state index contributed by atoms with van der Waals surface area (Å²) in [7, 11) is 0. The first-order valence-electron chi connectivity index (χ1n) is 6.13. The number of rotatable bonds is 2. The van der Waals surface area contributed by atoms with Crippen LogP contribution in [-0.2, 0) is 4.74 Å². The van der Waals surface area contributed by atoms with Crippen LogP contribution in [0.25, 0.3) is 11.0 Å². The van der Waals surface area contributed by atoms with Gasteiger partial charge in [0.25, 0.3) is 0 Å². The molecule has 1 aromatic heterocycles. The van der Waals surface area contributed by atoms with E-state index in [0.717, 1.165) is 4.47 Å². The molecular weight excluding hydrogens is 342 g/mol. The van der Waals surface area contributed by atoms with E-state index in [1.807, 2.05) is 0 Å². The van der Waals surface area contributed by atoms with Crippen molar-refractivity contribution in [3.05, 3.63) is 28.4 Å². The Balaban J connectivity index is 2.55. The summed E-state index contributed by atoms with van der Waals surface area (Å²) in [4.78, 5) is 23.1. The summed E-state index contributed by atoms with van der Waals surface area (Å²) in [6.07, 6.45) is -1.29. The fourth-order valence-electron chi connectivity index (χ4n) is 1.77. The highest BCUT2D eigenvalue weighted by Crippen LogP contribution is 2.33. The predicted molar refractivity (Wildman–Crippen MR) is 80.7 cm³/mol. The zero-order chi connectivity index (χ0) is 15.8. The third-order valence-corrected chi connectivity index (χ3v) is 2.96.